The van der Waals surface area contributed by atoms with Crippen LogP contribution >= 0.6 is 0 Å². The topological polar surface area (TPSA) is 110 Å². The van der Waals surface area contributed by atoms with Crippen LogP contribution in [-0.4, -0.2) is 28.1 Å². The molecule has 34 heavy (non-hydrogen) atoms. The number of aromatic carboxylic acids is 1. The number of aromatic hydroxyl groups is 1. The van der Waals surface area contributed by atoms with Crippen molar-refractivity contribution in [1.82, 2.24) is 0 Å². The Morgan fingerprint density at radius 2 is 1.18 bits per heavy atom. The Kier molecular flexibility index (Phi) is 6.36. The van der Waals surface area contributed by atoms with E-state index in [0.717, 1.165) is 0 Å². The highest BCUT2D eigenvalue weighted by Crippen LogP contribution is 2.42. The van der Waals surface area contributed by atoms with Crippen LogP contribution in [0.2, 0.25) is 0 Å². The number of esters is 2. The zero-order valence-electron chi connectivity index (χ0n) is 17.7. The third kappa shape index (κ3) is 4.78. The van der Waals surface area contributed by atoms with E-state index in [2.05, 4.69) is 0 Å². The molecule has 0 aromatic heterocycles. The van der Waals surface area contributed by atoms with E-state index < -0.39 is 17.9 Å². The minimum atomic E-state index is -1.25. The third-order valence-corrected chi connectivity index (χ3v) is 4.92. The SMILES string of the molecule is O=C(Oc1ccc(C(=O)O)c(-c2ccccc2)c1OC(=O)c1ccc(O)cc1)c1ccccc1. The highest BCUT2D eigenvalue weighted by atomic mass is 16.6. The lowest BCUT2D eigenvalue weighted by Gasteiger charge is -2.17. The van der Waals surface area contributed by atoms with E-state index in [1.54, 1.807) is 60.7 Å². The van der Waals surface area contributed by atoms with Crippen LogP contribution in [0.5, 0.6) is 17.2 Å². The molecule has 0 aliphatic rings. The van der Waals surface area contributed by atoms with Gasteiger partial charge in [-0.1, -0.05) is 48.5 Å². The normalized spacial score (nSPS) is 10.4. The van der Waals surface area contributed by atoms with E-state index in [-0.39, 0.29) is 39.5 Å². The largest absolute Gasteiger partial charge is 0.508 e. The molecule has 0 aliphatic carbocycles. The first-order valence-electron chi connectivity index (χ1n) is 10.2. The van der Waals surface area contributed by atoms with Crippen LogP contribution in [0.4, 0.5) is 0 Å². The molecule has 0 aliphatic heterocycles. The van der Waals surface area contributed by atoms with Crippen LogP contribution in [0, 0.1) is 0 Å². The summed E-state index contributed by atoms with van der Waals surface area (Å²) in [6, 6.07) is 24.6. The van der Waals surface area contributed by atoms with Crippen molar-refractivity contribution >= 4 is 17.9 Å². The molecule has 7 nitrogen and oxygen atoms in total. The number of benzene rings is 4. The van der Waals surface area contributed by atoms with Crippen LogP contribution in [0.15, 0.2) is 97.1 Å². The van der Waals surface area contributed by atoms with E-state index in [9.17, 15) is 24.6 Å². The maximum atomic E-state index is 12.9. The van der Waals surface area contributed by atoms with E-state index in [1.165, 1.54) is 36.4 Å². The Morgan fingerprint density at radius 1 is 0.618 bits per heavy atom. The first kappa shape index (κ1) is 22.3. The average Bonchev–Trinajstić information content (AvgIpc) is 2.86. The first-order chi connectivity index (χ1) is 16.4. The van der Waals surface area contributed by atoms with Gasteiger partial charge >= 0.3 is 17.9 Å². The van der Waals surface area contributed by atoms with Gasteiger partial charge in [-0.05, 0) is 54.1 Å². The molecule has 0 radical (unpaired) electrons. The Hall–Kier alpha value is -4.91. The number of hydrogen-bond donors (Lipinski definition) is 2. The fraction of sp³-hybridized carbons (Fsp3) is 0. The molecule has 0 fully saturated rings. The predicted molar refractivity (Wildman–Crippen MR) is 123 cm³/mol. The van der Waals surface area contributed by atoms with Gasteiger partial charge in [-0.3, -0.25) is 0 Å². The van der Waals surface area contributed by atoms with Crippen molar-refractivity contribution in [3.05, 3.63) is 114 Å². The van der Waals surface area contributed by atoms with Crippen molar-refractivity contribution in [1.29, 1.82) is 0 Å². The number of carboxylic acids is 1. The van der Waals surface area contributed by atoms with E-state index >= 15 is 0 Å². The Morgan fingerprint density at radius 3 is 1.79 bits per heavy atom. The van der Waals surface area contributed by atoms with E-state index in [0.29, 0.717) is 5.56 Å². The lowest BCUT2D eigenvalue weighted by atomic mass is 9.98. The van der Waals surface area contributed by atoms with Crippen LogP contribution in [0.3, 0.4) is 0 Å². The fourth-order valence-corrected chi connectivity index (χ4v) is 3.30. The number of carbonyl (C=O) groups excluding carboxylic acids is 2. The highest BCUT2D eigenvalue weighted by molar-refractivity contribution is 6.01. The van der Waals surface area contributed by atoms with Gasteiger partial charge in [0.05, 0.1) is 16.7 Å². The zero-order valence-corrected chi connectivity index (χ0v) is 17.7. The van der Waals surface area contributed by atoms with Gasteiger partial charge in [-0.25, -0.2) is 14.4 Å². The van der Waals surface area contributed by atoms with Gasteiger partial charge in [0.15, 0.2) is 11.5 Å². The molecule has 4 rings (SSSR count). The number of carbonyl (C=O) groups is 3. The van der Waals surface area contributed by atoms with Gasteiger partial charge in [-0.2, -0.15) is 0 Å². The van der Waals surface area contributed by atoms with Crippen LogP contribution in [-0.2, 0) is 0 Å². The zero-order chi connectivity index (χ0) is 24.1. The van der Waals surface area contributed by atoms with Crippen molar-refractivity contribution in [3.8, 4) is 28.4 Å². The summed E-state index contributed by atoms with van der Waals surface area (Å²) in [7, 11) is 0. The molecule has 0 amide bonds. The molecule has 7 heteroatoms. The second-order valence-corrected chi connectivity index (χ2v) is 7.18. The standard InChI is InChI=1S/C27H18O7/c28-20-13-11-19(12-14-20)27(32)34-24-22(33-26(31)18-9-5-2-6-10-18)16-15-21(25(29)30)23(24)17-7-3-1-4-8-17/h1-16,28H,(H,29,30). The summed E-state index contributed by atoms with van der Waals surface area (Å²) < 4.78 is 11.2. The quantitative estimate of drug-likeness (QED) is 0.304. The van der Waals surface area contributed by atoms with Crippen molar-refractivity contribution in [2.45, 2.75) is 0 Å². The summed E-state index contributed by atoms with van der Waals surface area (Å²) in [5.74, 6) is -3.15. The molecule has 2 N–H and O–H groups in total. The second-order valence-electron chi connectivity index (χ2n) is 7.18. The maximum Gasteiger partial charge on any atom is 0.343 e. The molecule has 0 saturated carbocycles. The highest BCUT2D eigenvalue weighted by Gasteiger charge is 2.25. The van der Waals surface area contributed by atoms with Crippen molar-refractivity contribution in [3.63, 3.8) is 0 Å². The lowest BCUT2D eigenvalue weighted by Crippen LogP contribution is -2.14. The summed E-state index contributed by atoms with van der Waals surface area (Å²) in [6.45, 7) is 0. The number of carboxylic acid groups (broad SMARTS) is 1. The van der Waals surface area contributed by atoms with Gasteiger partial charge in [-0.15, -0.1) is 0 Å². The molecule has 0 spiro atoms. The van der Waals surface area contributed by atoms with Crippen molar-refractivity contribution in [2.24, 2.45) is 0 Å². The maximum absolute atomic E-state index is 12.9. The molecule has 0 heterocycles. The van der Waals surface area contributed by atoms with Crippen LogP contribution in [0.25, 0.3) is 11.1 Å². The van der Waals surface area contributed by atoms with Gasteiger partial charge in [0.1, 0.15) is 5.75 Å². The third-order valence-electron chi connectivity index (χ3n) is 4.92. The molecule has 0 saturated heterocycles. The smallest absolute Gasteiger partial charge is 0.343 e. The molecule has 4 aromatic carbocycles. The van der Waals surface area contributed by atoms with E-state index in [4.69, 9.17) is 9.47 Å². The van der Waals surface area contributed by atoms with Crippen LogP contribution in [0.1, 0.15) is 31.1 Å². The minimum absolute atomic E-state index is 0.0353. The summed E-state index contributed by atoms with van der Waals surface area (Å²) in [5, 5.41) is 19.3. The van der Waals surface area contributed by atoms with Gasteiger partial charge in [0.25, 0.3) is 0 Å². The lowest BCUT2D eigenvalue weighted by molar-refractivity contribution is 0.0676. The average molecular weight is 454 g/mol. The molecule has 4 aromatic rings. The summed E-state index contributed by atoms with van der Waals surface area (Å²) in [4.78, 5) is 37.6. The van der Waals surface area contributed by atoms with Crippen molar-refractivity contribution in [2.75, 3.05) is 0 Å². The molecule has 168 valence electrons. The van der Waals surface area contributed by atoms with Gasteiger partial charge in [0.2, 0.25) is 0 Å². The van der Waals surface area contributed by atoms with Gasteiger partial charge < -0.3 is 19.7 Å². The van der Waals surface area contributed by atoms with Crippen LogP contribution < -0.4 is 9.47 Å². The van der Waals surface area contributed by atoms with E-state index in [1.807, 2.05) is 0 Å². The molecule has 0 unspecified atom stereocenters. The first-order valence-corrected chi connectivity index (χ1v) is 10.2. The summed E-state index contributed by atoms with van der Waals surface area (Å²) in [5.41, 5.74) is 0.767. The number of rotatable bonds is 6. The predicted octanol–water partition coefficient (Wildman–Crippen LogP) is 5.20. The molecule has 0 atom stereocenters. The molecular weight excluding hydrogens is 436 g/mol. The summed E-state index contributed by atoms with van der Waals surface area (Å²) in [6.07, 6.45) is 0. The number of ether oxygens (including phenoxy) is 2. The molecule has 0 bridgehead atoms. The molecular formula is C27H18O7. The number of hydrogen-bond acceptors (Lipinski definition) is 6. The Labute approximate surface area is 194 Å². The van der Waals surface area contributed by atoms with Crippen molar-refractivity contribution < 1.29 is 34.1 Å². The fourth-order valence-electron chi connectivity index (χ4n) is 3.30. The Balaban J connectivity index is 1.85. The Bertz CT molecular complexity index is 1350. The number of phenolic OH excluding ortho intramolecular Hbond substituents is 1. The van der Waals surface area contributed by atoms with Gasteiger partial charge in [0, 0.05) is 5.56 Å². The second kappa shape index (κ2) is 9.70. The number of phenols is 1. The summed E-state index contributed by atoms with van der Waals surface area (Å²) >= 11 is 0. The monoisotopic (exact) mass is 454 g/mol. The minimum Gasteiger partial charge on any atom is -0.508 e.